The lowest BCUT2D eigenvalue weighted by Gasteiger charge is -2.33. The number of hydrogen-bond acceptors (Lipinski definition) is 10. The third-order valence-electron chi connectivity index (χ3n) is 9.11. The lowest BCUT2D eigenvalue weighted by molar-refractivity contribution is -0.123. The van der Waals surface area contributed by atoms with Crippen LogP contribution in [0.5, 0.6) is 0 Å². The molecule has 0 radical (unpaired) electrons. The zero-order valence-corrected chi connectivity index (χ0v) is 32.4. The Balaban J connectivity index is 1.10. The Morgan fingerprint density at radius 3 is 2.37 bits per heavy atom. The number of thioether (sulfide) groups is 1. The molecule has 7 N–H and O–H groups in total. The first-order chi connectivity index (χ1) is 24.8. The number of aryl methyl sites for hydroxylation is 2. The van der Waals surface area contributed by atoms with E-state index in [-0.39, 0.29) is 60.7 Å². The average Bonchev–Trinajstić information content (AvgIpc) is 3.53. The van der Waals surface area contributed by atoms with Crippen molar-refractivity contribution in [3.63, 3.8) is 0 Å². The number of aliphatic imine (C=N–C) groups is 1. The highest BCUT2D eigenvalue weighted by atomic mass is 35.5. The van der Waals surface area contributed by atoms with Crippen molar-refractivity contribution in [1.82, 2.24) is 20.5 Å². The van der Waals surface area contributed by atoms with Gasteiger partial charge in [0.25, 0.3) is 5.91 Å². The van der Waals surface area contributed by atoms with Crippen LogP contribution in [-0.2, 0) is 9.59 Å². The zero-order chi connectivity index (χ0) is 37.5. The standard InChI is InChI=1S/C37H46ClN9O3S2/c1-20-22(3)51-36-32(20)33(25-12-14-26(38)15-13-25)45-29(34(40)47(36)24(5)39)19-31(49)43-18-17-42-30(48)11-8-16-41-28-10-7-6-9-27(28)35(50)46-37-44-21(2)23(4)52-37/h6-7,9-10,12-15,20,22,29,34,39,41H,8,11,16-19,40H2,1-5H3,(H,42,48)(H,43,49)(H,44,46,50)/t20?,22?,29-,34?/m0/s1. The van der Waals surface area contributed by atoms with Gasteiger partial charge < -0.3 is 26.6 Å². The summed E-state index contributed by atoms with van der Waals surface area (Å²) in [4.78, 5) is 51.0. The molecule has 3 unspecified atom stereocenters. The number of amidine groups is 1. The van der Waals surface area contributed by atoms with Gasteiger partial charge in [0, 0.05) is 58.0 Å². The second kappa shape index (κ2) is 17.5. The molecule has 15 heteroatoms. The van der Waals surface area contributed by atoms with Crippen molar-refractivity contribution in [2.75, 3.05) is 30.3 Å². The van der Waals surface area contributed by atoms with E-state index in [1.165, 1.54) is 11.3 Å². The number of benzene rings is 2. The highest BCUT2D eigenvalue weighted by Gasteiger charge is 2.42. The molecule has 3 aromatic rings. The number of para-hydroxylation sites is 1. The molecule has 2 aliphatic heterocycles. The smallest absolute Gasteiger partial charge is 0.259 e. The summed E-state index contributed by atoms with van der Waals surface area (Å²) in [5.41, 5.74) is 11.5. The molecule has 0 saturated carbocycles. The van der Waals surface area contributed by atoms with Gasteiger partial charge in [-0.3, -0.25) is 30.1 Å². The number of nitrogens with zero attached hydrogens (tertiary/aromatic N) is 3. The van der Waals surface area contributed by atoms with Gasteiger partial charge in [-0.2, -0.15) is 0 Å². The van der Waals surface area contributed by atoms with Crippen molar-refractivity contribution in [1.29, 1.82) is 5.41 Å². The van der Waals surface area contributed by atoms with E-state index >= 15 is 0 Å². The number of allylic oxidation sites excluding steroid dienone is 1. The predicted molar refractivity (Wildman–Crippen MR) is 213 cm³/mol. The Morgan fingerprint density at radius 1 is 1.00 bits per heavy atom. The first-order valence-electron chi connectivity index (χ1n) is 17.3. The normalized spacial score (nSPS) is 19.8. The molecule has 0 saturated heterocycles. The fourth-order valence-corrected chi connectivity index (χ4v) is 8.44. The molecule has 3 amide bonds. The Kier molecular flexibility index (Phi) is 13.1. The third kappa shape index (κ3) is 9.40. The van der Waals surface area contributed by atoms with Crippen LogP contribution >= 0.6 is 34.7 Å². The van der Waals surface area contributed by atoms with Crippen molar-refractivity contribution < 1.29 is 14.4 Å². The Labute approximate surface area is 318 Å². The molecule has 2 aliphatic rings. The number of hydrogen-bond donors (Lipinski definition) is 6. The van der Waals surface area contributed by atoms with Gasteiger partial charge in [-0.05, 0) is 57.4 Å². The van der Waals surface area contributed by atoms with Crippen molar-refractivity contribution in [2.45, 2.75) is 71.3 Å². The number of carbonyl (C=O) groups excluding carboxylic acids is 3. The van der Waals surface area contributed by atoms with Gasteiger partial charge >= 0.3 is 0 Å². The van der Waals surface area contributed by atoms with Gasteiger partial charge in [-0.15, -0.1) is 23.1 Å². The molecule has 52 heavy (non-hydrogen) atoms. The number of rotatable bonds is 13. The highest BCUT2D eigenvalue weighted by molar-refractivity contribution is 8.03. The van der Waals surface area contributed by atoms with E-state index in [9.17, 15) is 14.4 Å². The fourth-order valence-electron chi connectivity index (χ4n) is 6.03. The van der Waals surface area contributed by atoms with Crippen LogP contribution in [0.2, 0.25) is 5.02 Å². The largest absolute Gasteiger partial charge is 0.384 e. The number of anilines is 2. The topological polar surface area (TPSA) is 178 Å². The summed E-state index contributed by atoms with van der Waals surface area (Å²) in [5, 5.41) is 22.8. The van der Waals surface area contributed by atoms with Gasteiger partial charge in [0.1, 0.15) is 6.17 Å². The number of carbonyl (C=O) groups is 3. The number of nitrogens with one attached hydrogen (secondary N) is 5. The third-order valence-corrected chi connectivity index (χ3v) is 11.8. The summed E-state index contributed by atoms with van der Waals surface area (Å²) >= 11 is 9.31. The predicted octanol–water partition coefficient (Wildman–Crippen LogP) is 5.92. The van der Waals surface area contributed by atoms with Gasteiger partial charge in [0.2, 0.25) is 11.8 Å². The molecule has 0 spiro atoms. The summed E-state index contributed by atoms with van der Waals surface area (Å²) in [6, 6.07) is 14.1. The van der Waals surface area contributed by atoms with Crippen molar-refractivity contribution in [3.8, 4) is 0 Å². The number of nitrogens with two attached hydrogens (primary N) is 1. The first kappa shape index (κ1) is 39.0. The first-order valence-corrected chi connectivity index (χ1v) is 19.4. The molecular weight excluding hydrogens is 718 g/mol. The molecular formula is C37H46ClN9O3S2. The lowest BCUT2D eigenvalue weighted by Crippen LogP contribution is -2.51. The number of halogens is 1. The van der Waals surface area contributed by atoms with E-state index in [2.05, 4.69) is 40.1 Å². The van der Waals surface area contributed by atoms with Gasteiger partial charge in [0.15, 0.2) is 5.13 Å². The minimum absolute atomic E-state index is 0.0133. The summed E-state index contributed by atoms with van der Waals surface area (Å²) in [6.45, 7) is 10.9. The second-order valence-corrected chi connectivity index (χ2v) is 15.9. The molecule has 2 aromatic carbocycles. The van der Waals surface area contributed by atoms with Crippen LogP contribution in [0.1, 0.15) is 66.5 Å². The summed E-state index contributed by atoms with van der Waals surface area (Å²) in [6.07, 6.45) is 0.115. The second-order valence-electron chi connectivity index (χ2n) is 12.9. The van der Waals surface area contributed by atoms with Crippen LogP contribution in [0.25, 0.3) is 0 Å². The Morgan fingerprint density at radius 2 is 1.69 bits per heavy atom. The quantitative estimate of drug-likeness (QED) is 0.0706. The van der Waals surface area contributed by atoms with Gasteiger partial charge in [0.05, 0.1) is 40.3 Å². The molecule has 1 aromatic heterocycles. The van der Waals surface area contributed by atoms with E-state index < -0.39 is 12.2 Å². The maximum atomic E-state index is 13.2. The zero-order valence-electron chi connectivity index (χ0n) is 30.0. The fraction of sp³-hybridized carbons (Fsp3) is 0.405. The van der Waals surface area contributed by atoms with Crippen LogP contribution < -0.4 is 27.0 Å². The minimum Gasteiger partial charge on any atom is -0.384 e. The molecule has 5 rings (SSSR count). The van der Waals surface area contributed by atoms with Crippen molar-refractivity contribution in [3.05, 3.63) is 85.9 Å². The van der Waals surface area contributed by atoms with Crippen LogP contribution in [0.4, 0.5) is 10.8 Å². The van der Waals surface area contributed by atoms with E-state index in [1.807, 2.05) is 50.2 Å². The van der Waals surface area contributed by atoms with Crippen molar-refractivity contribution >= 4 is 74.8 Å². The van der Waals surface area contributed by atoms with Crippen LogP contribution in [-0.4, -0.2) is 76.2 Å². The Bertz CT molecular complexity index is 1860. The van der Waals surface area contributed by atoms with Crippen LogP contribution in [0.3, 0.4) is 0 Å². The average molecular weight is 764 g/mol. The van der Waals surface area contributed by atoms with Crippen LogP contribution in [0, 0.1) is 25.2 Å². The van der Waals surface area contributed by atoms with E-state index in [1.54, 1.807) is 35.7 Å². The molecule has 4 atom stereocenters. The van der Waals surface area contributed by atoms with E-state index in [4.69, 9.17) is 27.7 Å². The molecule has 3 heterocycles. The molecule has 0 fully saturated rings. The highest BCUT2D eigenvalue weighted by Crippen LogP contribution is 2.47. The minimum atomic E-state index is -0.718. The maximum absolute atomic E-state index is 13.2. The number of amides is 3. The number of aromatic nitrogens is 1. The monoisotopic (exact) mass is 763 g/mol. The van der Waals surface area contributed by atoms with Crippen LogP contribution in [0.15, 0.2) is 64.1 Å². The summed E-state index contributed by atoms with van der Waals surface area (Å²) in [5.74, 6) is -0.202. The SMILES string of the molecule is CC(=N)N1C2=C(C(c3ccc(Cl)cc3)=N[C@@H](CC(=O)NCCNC(=O)CCCNc3ccccc3C(=O)Nc3nc(C)c(C)s3)C1N)C(C)C(C)S2. The van der Waals surface area contributed by atoms with E-state index in [0.29, 0.717) is 34.4 Å². The van der Waals surface area contributed by atoms with E-state index in [0.717, 1.165) is 32.4 Å². The van der Waals surface area contributed by atoms with Crippen molar-refractivity contribution in [2.24, 2.45) is 16.6 Å². The molecule has 276 valence electrons. The number of thiazole rings is 1. The summed E-state index contributed by atoms with van der Waals surface area (Å²) < 4.78 is 0. The lowest BCUT2D eigenvalue weighted by atomic mass is 9.91. The molecule has 0 bridgehead atoms. The molecule has 0 aliphatic carbocycles. The van der Waals surface area contributed by atoms with Gasteiger partial charge in [-0.1, -0.05) is 49.7 Å². The Hall–Kier alpha value is -4.24. The summed E-state index contributed by atoms with van der Waals surface area (Å²) in [7, 11) is 0. The maximum Gasteiger partial charge on any atom is 0.259 e. The molecule has 12 nitrogen and oxygen atoms in total. The van der Waals surface area contributed by atoms with Gasteiger partial charge in [-0.25, -0.2) is 4.98 Å².